The molecule has 0 aliphatic heterocycles. The number of carbonyl (C=O) groups is 3. The van der Waals surface area contributed by atoms with Crippen LogP contribution in [0.4, 0.5) is 9.59 Å². The minimum Gasteiger partial charge on any atom is -0.444 e. The van der Waals surface area contributed by atoms with Gasteiger partial charge in [0.05, 0.1) is 33.2 Å². The van der Waals surface area contributed by atoms with E-state index in [0.717, 1.165) is 26.7 Å². The van der Waals surface area contributed by atoms with Crippen LogP contribution in [-0.2, 0) is 35.4 Å². The highest BCUT2D eigenvalue weighted by atomic mass is 32.1. The number of hydrogen-bond donors (Lipinski definition) is 4. The van der Waals surface area contributed by atoms with E-state index in [4.69, 9.17) is 9.72 Å². The summed E-state index contributed by atoms with van der Waals surface area (Å²) < 4.78 is 5.45. The SMILES string of the molecule is CC(C)c1nc(CCN(C(=O)N[C@H](C(=O)N[C@@H](Cc2ccccc2)C[C@H](O)[C@H](Cc2ccccc2)NC(=O)OCc2cncs2)C(C)C)C(C)C)cs1. The van der Waals surface area contributed by atoms with Gasteiger partial charge in [-0.05, 0) is 50.2 Å². The standard InChI is InChI=1S/C40H54N6O5S2/c1-26(2)36(45-39(49)46(28(5)6)18-17-31-24-52-38(43-31)27(3)4)37(48)42-32(19-29-13-9-7-10-14-29)21-35(47)34(20-30-15-11-8-12-16-30)44-40(50)51-23-33-22-41-25-53-33/h7-16,22,24-28,32,34-36,47H,17-21,23H2,1-6H3,(H,42,48)(H,44,50)(H,45,49)/t32-,34-,35-,36-/m0/s1. The number of benzene rings is 2. The second kappa shape index (κ2) is 20.8. The number of alkyl carbamates (subject to hydrolysis) is 1. The van der Waals surface area contributed by atoms with Crippen molar-refractivity contribution in [2.45, 2.75) is 110 Å². The Morgan fingerprint density at radius 3 is 2.09 bits per heavy atom. The molecule has 0 aliphatic rings. The molecule has 0 fully saturated rings. The van der Waals surface area contributed by atoms with Crippen LogP contribution in [-0.4, -0.2) is 74.8 Å². The molecule has 2 aromatic heterocycles. The van der Waals surface area contributed by atoms with Gasteiger partial charge in [-0.15, -0.1) is 22.7 Å². The van der Waals surface area contributed by atoms with Crippen LogP contribution in [0.5, 0.6) is 0 Å². The molecule has 4 aromatic rings. The Kier molecular flexibility index (Phi) is 16.2. The quantitative estimate of drug-likeness (QED) is 0.0830. The smallest absolute Gasteiger partial charge is 0.407 e. The fraction of sp³-hybridized carbons (Fsp3) is 0.475. The van der Waals surface area contributed by atoms with Crippen molar-refractivity contribution in [3.05, 3.63) is 104 Å². The van der Waals surface area contributed by atoms with Gasteiger partial charge in [-0.1, -0.05) is 88.4 Å². The molecule has 53 heavy (non-hydrogen) atoms. The fourth-order valence-electron chi connectivity index (χ4n) is 5.92. The molecular weight excluding hydrogens is 709 g/mol. The average Bonchev–Trinajstić information content (AvgIpc) is 3.83. The van der Waals surface area contributed by atoms with E-state index < -0.39 is 30.3 Å². The van der Waals surface area contributed by atoms with Crippen LogP contribution >= 0.6 is 22.7 Å². The van der Waals surface area contributed by atoms with Gasteiger partial charge < -0.3 is 30.7 Å². The van der Waals surface area contributed by atoms with Crippen LogP contribution in [0.25, 0.3) is 0 Å². The first-order valence-electron chi connectivity index (χ1n) is 18.3. The highest BCUT2D eigenvalue weighted by molar-refractivity contribution is 7.09. The highest BCUT2D eigenvalue weighted by Crippen LogP contribution is 2.20. The van der Waals surface area contributed by atoms with Crippen molar-refractivity contribution < 1.29 is 24.2 Å². The summed E-state index contributed by atoms with van der Waals surface area (Å²) in [5, 5.41) is 23.9. The summed E-state index contributed by atoms with van der Waals surface area (Å²) >= 11 is 3.02. The lowest BCUT2D eigenvalue weighted by molar-refractivity contribution is -0.124. The Hall–Kier alpha value is -4.33. The van der Waals surface area contributed by atoms with Gasteiger partial charge in [0.1, 0.15) is 12.6 Å². The maximum Gasteiger partial charge on any atom is 0.407 e. The second-order valence-corrected chi connectivity index (χ2v) is 16.1. The third-order valence-electron chi connectivity index (χ3n) is 8.88. The Labute approximate surface area is 321 Å². The largest absolute Gasteiger partial charge is 0.444 e. The van der Waals surface area contributed by atoms with Crippen molar-refractivity contribution in [2.75, 3.05) is 6.54 Å². The summed E-state index contributed by atoms with van der Waals surface area (Å²) in [5.74, 6) is -0.219. The summed E-state index contributed by atoms with van der Waals surface area (Å²) in [6.07, 6.45) is 1.46. The second-order valence-electron chi connectivity index (χ2n) is 14.2. The topological polar surface area (TPSA) is 146 Å². The maximum absolute atomic E-state index is 14.0. The summed E-state index contributed by atoms with van der Waals surface area (Å²) in [5.41, 5.74) is 4.52. The summed E-state index contributed by atoms with van der Waals surface area (Å²) in [6, 6.07) is 16.8. The van der Waals surface area contributed by atoms with Gasteiger partial charge >= 0.3 is 12.1 Å². The molecule has 0 spiro atoms. The van der Waals surface area contributed by atoms with E-state index in [0.29, 0.717) is 31.7 Å². The van der Waals surface area contributed by atoms with Gasteiger partial charge in [0.25, 0.3) is 0 Å². The number of ether oxygens (including phenoxy) is 1. The van der Waals surface area contributed by atoms with Crippen molar-refractivity contribution in [3.63, 3.8) is 0 Å². The molecule has 0 saturated carbocycles. The van der Waals surface area contributed by atoms with Crippen molar-refractivity contribution in [3.8, 4) is 0 Å². The number of rotatable bonds is 19. The number of nitrogens with zero attached hydrogens (tertiary/aromatic N) is 3. The van der Waals surface area contributed by atoms with E-state index in [9.17, 15) is 19.5 Å². The van der Waals surface area contributed by atoms with E-state index in [1.807, 2.05) is 93.7 Å². The van der Waals surface area contributed by atoms with Crippen molar-refractivity contribution in [1.29, 1.82) is 0 Å². The number of nitrogens with one attached hydrogen (secondary N) is 3. The van der Waals surface area contributed by atoms with Crippen molar-refractivity contribution >= 4 is 40.7 Å². The number of amides is 4. The number of aliphatic hydroxyl groups excluding tert-OH is 1. The first kappa shape index (κ1) is 41.4. The molecule has 286 valence electrons. The molecule has 2 aromatic carbocycles. The molecule has 0 saturated heterocycles. The zero-order chi connectivity index (χ0) is 38.3. The van der Waals surface area contributed by atoms with E-state index in [-0.39, 0.29) is 36.9 Å². The summed E-state index contributed by atoms with van der Waals surface area (Å²) in [4.78, 5) is 52.0. The molecule has 4 N–H and O–H groups in total. The maximum atomic E-state index is 14.0. The normalized spacial score (nSPS) is 13.7. The Morgan fingerprint density at radius 2 is 1.53 bits per heavy atom. The Balaban J connectivity index is 1.47. The lowest BCUT2D eigenvalue weighted by atomic mass is 9.93. The molecule has 4 rings (SSSR count). The van der Waals surface area contributed by atoms with Gasteiger partial charge in [0.15, 0.2) is 0 Å². The van der Waals surface area contributed by atoms with Crippen LogP contribution in [0.2, 0.25) is 0 Å². The van der Waals surface area contributed by atoms with Gasteiger partial charge in [-0.3, -0.25) is 9.78 Å². The molecule has 0 bridgehead atoms. The zero-order valence-corrected chi connectivity index (χ0v) is 33.2. The molecule has 0 radical (unpaired) electrons. The Bertz CT molecular complexity index is 1680. The molecule has 11 nitrogen and oxygen atoms in total. The molecular formula is C40H54N6O5S2. The van der Waals surface area contributed by atoms with Crippen LogP contribution in [0.3, 0.4) is 0 Å². The number of thiazole rings is 2. The van der Waals surface area contributed by atoms with Crippen LogP contribution in [0, 0.1) is 5.92 Å². The van der Waals surface area contributed by atoms with E-state index in [1.165, 1.54) is 11.3 Å². The van der Waals surface area contributed by atoms with E-state index >= 15 is 0 Å². The molecule has 0 aliphatic carbocycles. The third kappa shape index (κ3) is 13.5. The minimum absolute atomic E-state index is 0.0673. The van der Waals surface area contributed by atoms with Crippen LogP contribution < -0.4 is 16.0 Å². The number of aliphatic hydroxyl groups is 1. The van der Waals surface area contributed by atoms with Gasteiger partial charge in [-0.2, -0.15) is 0 Å². The lowest BCUT2D eigenvalue weighted by Gasteiger charge is -2.32. The van der Waals surface area contributed by atoms with Gasteiger partial charge in [-0.25, -0.2) is 14.6 Å². The highest BCUT2D eigenvalue weighted by Gasteiger charge is 2.31. The Morgan fingerprint density at radius 1 is 0.868 bits per heavy atom. The van der Waals surface area contributed by atoms with Gasteiger partial charge in [0, 0.05) is 42.5 Å². The van der Waals surface area contributed by atoms with Crippen LogP contribution in [0.1, 0.15) is 80.6 Å². The minimum atomic E-state index is -1.05. The number of carbonyl (C=O) groups excluding carboxylic acids is 3. The monoisotopic (exact) mass is 762 g/mol. The summed E-state index contributed by atoms with van der Waals surface area (Å²) in [7, 11) is 0. The fourth-order valence-corrected chi connectivity index (χ4v) is 7.29. The van der Waals surface area contributed by atoms with E-state index in [2.05, 4.69) is 34.8 Å². The first-order chi connectivity index (χ1) is 25.4. The van der Waals surface area contributed by atoms with Crippen LogP contribution in [0.15, 0.2) is 77.8 Å². The molecule has 13 heteroatoms. The van der Waals surface area contributed by atoms with Crippen molar-refractivity contribution in [2.24, 2.45) is 5.92 Å². The first-order valence-corrected chi connectivity index (χ1v) is 20.0. The number of aromatic nitrogens is 2. The molecule has 4 amide bonds. The zero-order valence-electron chi connectivity index (χ0n) is 31.5. The van der Waals surface area contributed by atoms with Gasteiger partial charge in [0.2, 0.25) is 5.91 Å². The lowest BCUT2D eigenvalue weighted by Crippen LogP contribution is -2.57. The molecule has 4 atom stereocenters. The molecule has 0 unspecified atom stereocenters. The predicted molar refractivity (Wildman–Crippen MR) is 211 cm³/mol. The summed E-state index contributed by atoms with van der Waals surface area (Å²) in [6.45, 7) is 12.5. The molecule has 2 heterocycles. The average molecular weight is 763 g/mol. The van der Waals surface area contributed by atoms with Crippen molar-refractivity contribution in [1.82, 2.24) is 30.8 Å². The van der Waals surface area contributed by atoms with E-state index in [1.54, 1.807) is 27.9 Å². The number of hydrogen-bond acceptors (Lipinski definition) is 9. The third-order valence-corrected chi connectivity index (χ3v) is 10.8. The predicted octanol–water partition coefficient (Wildman–Crippen LogP) is 6.73. The number of urea groups is 1.